The van der Waals surface area contributed by atoms with Crippen LogP contribution in [0.25, 0.3) is 22.0 Å². The predicted molar refractivity (Wildman–Crippen MR) is 132 cm³/mol. The Morgan fingerprint density at radius 1 is 0.941 bits per heavy atom. The first-order valence-corrected chi connectivity index (χ1v) is 12.9. The maximum absolute atomic E-state index is 14.1. The van der Waals surface area contributed by atoms with Gasteiger partial charge in [0.2, 0.25) is 10.0 Å². The molecule has 0 aliphatic carbocycles. The number of pyridine rings is 2. The Bertz CT molecular complexity index is 1460. The molecule has 5 nitrogen and oxygen atoms in total. The number of sulfonamides is 1. The van der Waals surface area contributed by atoms with Crippen LogP contribution in [0.2, 0.25) is 0 Å². The van der Waals surface area contributed by atoms with E-state index in [4.69, 9.17) is 4.98 Å². The molecule has 0 atom stereocenters. The predicted octanol–water partition coefficient (Wildman–Crippen LogP) is 5.62. The van der Waals surface area contributed by atoms with Gasteiger partial charge in [0.25, 0.3) is 0 Å². The van der Waals surface area contributed by atoms with Gasteiger partial charge in [0.05, 0.1) is 4.90 Å². The molecule has 174 valence electrons. The Hall–Kier alpha value is -3.16. The summed E-state index contributed by atoms with van der Waals surface area (Å²) in [6.45, 7) is 5.02. The molecule has 1 aliphatic rings. The van der Waals surface area contributed by atoms with Gasteiger partial charge < -0.3 is 0 Å². The van der Waals surface area contributed by atoms with Crippen molar-refractivity contribution in [1.82, 2.24) is 14.3 Å². The molecule has 34 heavy (non-hydrogen) atoms. The summed E-state index contributed by atoms with van der Waals surface area (Å²) in [5.74, 6) is -0.325. The van der Waals surface area contributed by atoms with Crippen LogP contribution in [-0.2, 0) is 10.0 Å². The average Bonchev–Trinajstić information content (AvgIpc) is 2.86. The molecule has 2 aromatic heterocycles. The van der Waals surface area contributed by atoms with Crippen molar-refractivity contribution in [3.63, 3.8) is 0 Å². The van der Waals surface area contributed by atoms with E-state index in [9.17, 15) is 12.8 Å². The molecule has 5 rings (SSSR count). The van der Waals surface area contributed by atoms with Gasteiger partial charge in [-0.3, -0.25) is 9.97 Å². The van der Waals surface area contributed by atoms with Gasteiger partial charge in [0.1, 0.15) is 11.3 Å². The third-order valence-electron chi connectivity index (χ3n) is 6.87. The van der Waals surface area contributed by atoms with Gasteiger partial charge in [-0.1, -0.05) is 24.3 Å². The summed E-state index contributed by atoms with van der Waals surface area (Å²) < 4.78 is 42.4. The summed E-state index contributed by atoms with van der Waals surface area (Å²) in [5, 5.41) is 0.313. The monoisotopic (exact) mass is 475 g/mol. The van der Waals surface area contributed by atoms with Crippen LogP contribution in [0.4, 0.5) is 4.39 Å². The highest BCUT2D eigenvalue weighted by molar-refractivity contribution is 7.89. The smallest absolute Gasteiger partial charge is 0.243 e. The summed E-state index contributed by atoms with van der Waals surface area (Å²) in [4.78, 5) is 8.86. The fourth-order valence-corrected chi connectivity index (χ4v) is 6.39. The van der Waals surface area contributed by atoms with Crippen LogP contribution in [-0.4, -0.2) is 35.8 Å². The molecule has 0 spiro atoms. The second-order valence-electron chi connectivity index (χ2n) is 8.84. The molecule has 7 heteroatoms. The zero-order valence-electron chi connectivity index (χ0n) is 19.2. The Kier molecular flexibility index (Phi) is 5.91. The van der Waals surface area contributed by atoms with Crippen molar-refractivity contribution in [3.8, 4) is 11.1 Å². The minimum absolute atomic E-state index is 0.0756. The number of piperidine rings is 1. The van der Waals surface area contributed by atoms with E-state index in [1.54, 1.807) is 12.1 Å². The van der Waals surface area contributed by atoms with Crippen LogP contribution in [0.5, 0.6) is 0 Å². The van der Waals surface area contributed by atoms with E-state index in [-0.39, 0.29) is 16.3 Å². The molecule has 0 unspecified atom stereocenters. The van der Waals surface area contributed by atoms with Crippen molar-refractivity contribution in [2.24, 2.45) is 0 Å². The number of fused-ring (bicyclic) bond motifs is 1. The Balaban J connectivity index is 1.33. The van der Waals surface area contributed by atoms with Crippen LogP contribution in [0.15, 0.2) is 71.9 Å². The summed E-state index contributed by atoms with van der Waals surface area (Å²) in [5.41, 5.74) is 5.83. The first-order chi connectivity index (χ1) is 16.4. The fraction of sp³-hybridized carbons (Fsp3) is 0.259. The third kappa shape index (κ3) is 3.99. The van der Waals surface area contributed by atoms with E-state index in [1.165, 1.54) is 39.3 Å². The Morgan fingerprint density at radius 2 is 1.74 bits per heavy atom. The van der Waals surface area contributed by atoms with E-state index in [0.717, 1.165) is 11.3 Å². The van der Waals surface area contributed by atoms with Crippen molar-refractivity contribution >= 4 is 20.9 Å². The largest absolute Gasteiger partial charge is 0.260 e. The number of rotatable bonds is 4. The van der Waals surface area contributed by atoms with Crippen LogP contribution in [0.1, 0.15) is 35.6 Å². The summed E-state index contributed by atoms with van der Waals surface area (Å²) in [6, 6.07) is 16.2. The molecule has 0 radical (unpaired) electrons. The average molecular weight is 476 g/mol. The number of nitrogens with zero attached hydrogens (tertiary/aromatic N) is 3. The lowest BCUT2D eigenvalue weighted by Gasteiger charge is -2.31. The lowest BCUT2D eigenvalue weighted by Crippen LogP contribution is -2.38. The molecule has 4 aromatic rings. The van der Waals surface area contributed by atoms with Crippen LogP contribution in [0, 0.1) is 19.7 Å². The molecule has 0 amide bonds. The zero-order chi connectivity index (χ0) is 23.9. The van der Waals surface area contributed by atoms with Gasteiger partial charge in [-0.25, -0.2) is 12.8 Å². The van der Waals surface area contributed by atoms with Gasteiger partial charge in [0.15, 0.2) is 0 Å². The van der Waals surface area contributed by atoms with Crippen LogP contribution in [0.3, 0.4) is 0 Å². The number of hydrogen-bond donors (Lipinski definition) is 0. The Labute approximate surface area is 199 Å². The minimum atomic E-state index is -3.76. The lowest BCUT2D eigenvalue weighted by atomic mass is 9.93. The minimum Gasteiger partial charge on any atom is -0.260 e. The second-order valence-corrected chi connectivity index (χ2v) is 10.7. The van der Waals surface area contributed by atoms with Gasteiger partial charge in [-0.15, -0.1) is 0 Å². The molecule has 0 saturated carbocycles. The lowest BCUT2D eigenvalue weighted by molar-refractivity contribution is 0.317. The van der Waals surface area contributed by atoms with E-state index in [1.807, 2.05) is 6.20 Å². The van der Waals surface area contributed by atoms with Crippen LogP contribution < -0.4 is 0 Å². The number of aryl methyl sites for hydroxylation is 1. The molecule has 1 fully saturated rings. The molecule has 0 N–H and O–H groups in total. The summed E-state index contributed by atoms with van der Waals surface area (Å²) in [6.07, 6.45) is 4.75. The second kappa shape index (κ2) is 8.89. The summed E-state index contributed by atoms with van der Waals surface area (Å²) >= 11 is 0. The van der Waals surface area contributed by atoms with E-state index in [2.05, 4.69) is 49.2 Å². The highest BCUT2D eigenvalue weighted by Gasteiger charge is 2.32. The molecule has 3 heterocycles. The maximum Gasteiger partial charge on any atom is 0.243 e. The number of halogens is 1. The van der Waals surface area contributed by atoms with E-state index < -0.39 is 15.8 Å². The number of hydrogen-bond acceptors (Lipinski definition) is 4. The molecule has 1 saturated heterocycles. The summed E-state index contributed by atoms with van der Waals surface area (Å²) in [7, 11) is -3.76. The molecular formula is C27H26FN3O2S. The molecule has 1 aliphatic heterocycles. The first kappa shape index (κ1) is 22.6. The van der Waals surface area contributed by atoms with Gasteiger partial charge in [0, 0.05) is 48.0 Å². The Morgan fingerprint density at radius 3 is 2.47 bits per heavy atom. The standard InChI is InChI=1S/C27H26FN3O2S/c1-18-5-3-6-22(19(18)2)21-8-10-25(30-17-21)20-12-15-31(16-13-20)34(32,33)26-11-9-24(28)27-23(26)7-4-14-29-27/h3-11,14,17,20H,12-13,15-16H2,1-2H3. The van der Waals surface area contributed by atoms with Crippen molar-refractivity contribution in [2.45, 2.75) is 37.5 Å². The van der Waals surface area contributed by atoms with Gasteiger partial charge in [-0.05, 0) is 73.7 Å². The first-order valence-electron chi connectivity index (χ1n) is 11.4. The number of benzene rings is 2. The van der Waals surface area contributed by atoms with E-state index in [0.29, 0.717) is 31.3 Å². The van der Waals surface area contributed by atoms with Crippen molar-refractivity contribution < 1.29 is 12.8 Å². The number of aromatic nitrogens is 2. The molecule has 2 aromatic carbocycles. The highest BCUT2D eigenvalue weighted by Crippen LogP contribution is 2.33. The molecular weight excluding hydrogens is 449 g/mol. The van der Waals surface area contributed by atoms with Crippen molar-refractivity contribution in [3.05, 3.63) is 89.6 Å². The topological polar surface area (TPSA) is 63.2 Å². The zero-order valence-corrected chi connectivity index (χ0v) is 20.0. The van der Waals surface area contributed by atoms with Gasteiger partial charge >= 0.3 is 0 Å². The SMILES string of the molecule is Cc1cccc(-c2ccc(C3CCN(S(=O)(=O)c4ccc(F)c5ncccc45)CC3)nc2)c1C. The molecule has 0 bridgehead atoms. The quantitative estimate of drug-likeness (QED) is 0.384. The van der Waals surface area contributed by atoms with Crippen LogP contribution >= 0.6 is 0 Å². The van der Waals surface area contributed by atoms with Crippen molar-refractivity contribution in [1.29, 1.82) is 0 Å². The normalized spacial score (nSPS) is 15.6. The van der Waals surface area contributed by atoms with E-state index >= 15 is 0 Å². The van der Waals surface area contributed by atoms with Crippen molar-refractivity contribution in [2.75, 3.05) is 13.1 Å². The maximum atomic E-state index is 14.1. The third-order valence-corrected chi connectivity index (χ3v) is 8.83. The fourth-order valence-electron chi connectivity index (χ4n) is 4.74. The van der Waals surface area contributed by atoms with Gasteiger partial charge in [-0.2, -0.15) is 4.31 Å². The highest BCUT2D eigenvalue weighted by atomic mass is 32.2.